The van der Waals surface area contributed by atoms with E-state index in [0.29, 0.717) is 5.56 Å². The summed E-state index contributed by atoms with van der Waals surface area (Å²) in [6.45, 7) is 0. The number of amides is 1. The van der Waals surface area contributed by atoms with Crippen molar-refractivity contribution in [1.82, 2.24) is 5.32 Å². The third-order valence-corrected chi connectivity index (χ3v) is 4.37. The minimum atomic E-state index is -0.0361. The van der Waals surface area contributed by atoms with Gasteiger partial charge in [0.1, 0.15) is 0 Å². The normalized spacial score (nSPS) is 17.1. The van der Waals surface area contributed by atoms with E-state index in [4.69, 9.17) is 5.73 Å². The summed E-state index contributed by atoms with van der Waals surface area (Å²) < 4.78 is 0.909. The smallest absolute Gasteiger partial charge is 0.251 e. The first-order chi connectivity index (χ1) is 10.1. The number of hydrogen-bond acceptors (Lipinski definition) is 2. The summed E-state index contributed by atoms with van der Waals surface area (Å²) in [4.78, 5) is 12.4. The Morgan fingerprint density at radius 3 is 2.90 bits per heavy atom. The van der Waals surface area contributed by atoms with E-state index in [1.807, 2.05) is 42.5 Å². The lowest BCUT2D eigenvalue weighted by atomic mass is 9.87. The summed E-state index contributed by atoms with van der Waals surface area (Å²) in [5, 5.41) is 3.14. The van der Waals surface area contributed by atoms with Crippen LogP contribution in [0.2, 0.25) is 0 Å². The summed E-state index contributed by atoms with van der Waals surface area (Å²) in [6.07, 6.45) is 3.07. The lowest BCUT2D eigenvalue weighted by Crippen LogP contribution is -2.31. The first kappa shape index (κ1) is 14.1. The molecule has 1 atom stereocenters. The quantitative estimate of drug-likeness (QED) is 0.813. The molecule has 0 bridgehead atoms. The highest BCUT2D eigenvalue weighted by atomic mass is 79.9. The van der Waals surface area contributed by atoms with Crippen LogP contribution in [0.1, 0.15) is 40.4 Å². The van der Waals surface area contributed by atoms with Crippen molar-refractivity contribution in [3.05, 3.63) is 63.6 Å². The zero-order valence-electron chi connectivity index (χ0n) is 11.6. The van der Waals surface area contributed by atoms with Gasteiger partial charge in [-0.15, -0.1) is 0 Å². The molecule has 1 aliphatic carbocycles. The molecule has 3 nitrogen and oxygen atoms in total. The Labute approximate surface area is 132 Å². The molecule has 0 saturated heterocycles. The molecule has 0 spiro atoms. The van der Waals surface area contributed by atoms with Gasteiger partial charge in [0, 0.05) is 15.7 Å². The maximum atomic E-state index is 12.4. The van der Waals surface area contributed by atoms with Crippen molar-refractivity contribution in [2.75, 3.05) is 5.73 Å². The molecule has 0 aromatic heterocycles. The van der Waals surface area contributed by atoms with Crippen LogP contribution in [0.25, 0.3) is 0 Å². The number of benzene rings is 2. The number of hydrogen-bond donors (Lipinski definition) is 2. The van der Waals surface area contributed by atoms with Gasteiger partial charge in [0.05, 0.1) is 6.04 Å². The fourth-order valence-electron chi connectivity index (χ4n) is 2.86. The van der Waals surface area contributed by atoms with E-state index in [1.54, 1.807) is 0 Å². The van der Waals surface area contributed by atoms with Crippen LogP contribution in [0, 0.1) is 0 Å². The van der Waals surface area contributed by atoms with Crippen molar-refractivity contribution >= 4 is 27.5 Å². The van der Waals surface area contributed by atoms with Gasteiger partial charge in [0.2, 0.25) is 0 Å². The predicted molar refractivity (Wildman–Crippen MR) is 88.1 cm³/mol. The van der Waals surface area contributed by atoms with Crippen molar-refractivity contribution in [1.29, 1.82) is 0 Å². The largest absolute Gasteiger partial charge is 0.399 e. The van der Waals surface area contributed by atoms with Crippen LogP contribution in [-0.4, -0.2) is 5.91 Å². The number of fused-ring (bicyclic) bond motifs is 1. The molecule has 3 N–H and O–H groups in total. The number of nitrogen functional groups attached to an aromatic ring is 1. The van der Waals surface area contributed by atoms with Crippen LogP contribution in [0.3, 0.4) is 0 Å². The standard InChI is InChI=1S/C17H17BrN2O/c18-13-5-1-4-12(9-13)17(21)20-16-6-2-3-11-10-14(19)7-8-15(11)16/h1,4-5,7-10,16H,2-3,6,19H2,(H,20,21). The highest BCUT2D eigenvalue weighted by molar-refractivity contribution is 9.10. The van der Waals surface area contributed by atoms with Crippen LogP contribution < -0.4 is 11.1 Å². The Bertz CT molecular complexity index is 684. The molecule has 0 aliphatic heterocycles. The second kappa shape index (κ2) is 5.90. The van der Waals surface area contributed by atoms with Gasteiger partial charge in [0.25, 0.3) is 5.91 Å². The molecule has 0 radical (unpaired) electrons. The Hall–Kier alpha value is -1.81. The number of nitrogens with one attached hydrogen (secondary N) is 1. The molecule has 0 heterocycles. The van der Waals surface area contributed by atoms with Crippen molar-refractivity contribution in [3.63, 3.8) is 0 Å². The Morgan fingerprint density at radius 1 is 1.24 bits per heavy atom. The van der Waals surface area contributed by atoms with Gasteiger partial charge in [-0.05, 0) is 60.7 Å². The maximum Gasteiger partial charge on any atom is 0.251 e. The zero-order chi connectivity index (χ0) is 14.8. The van der Waals surface area contributed by atoms with E-state index in [9.17, 15) is 4.79 Å². The number of rotatable bonds is 2. The average molecular weight is 345 g/mol. The molecule has 1 amide bonds. The molecular formula is C17H17BrN2O. The van der Waals surface area contributed by atoms with Crippen LogP contribution in [0.4, 0.5) is 5.69 Å². The van der Waals surface area contributed by atoms with Crippen molar-refractivity contribution < 1.29 is 4.79 Å². The zero-order valence-corrected chi connectivity index (χ0v) is 13.2. The SMILES string of the molecule is Nc1ccc2c(c1)CCCC2NC(=O)c1cccc(Br)c1. The molecule has 2 aromatic carbocycles. The Morgan fingerprint density at radius 2 is 2.10 bits per heavy atom. The van der Waals surface area contributed by atoms with Crippen molar-refractivity contribution in [3.8, 4) is 0 Å². The van der Waals surface area contributed by atoms with Crippen molar-refractivity contribution in [2.24, 2.45) is 0 Å². The summed E-state index contributed by atoms with van der Waals surface area (Å²) in [7, 11) is 0. The van der Waals surface area contributed by atoms with E-state index in [2.05, 4.69) is 21.2 Å². The van der Waals surface area contributed by atoms with E-state index in [-0.39, 0.29) is 11.9 Å². The van der Waals surface area contributed by atoms with Crippen LogP contribution in [0.15, 0.2) is 46.9 Å². The van der Waals surface area contributed by atoms with Gasteiger partial charge in [-0.1, -0.05) is 28.1 Å². The third-order valence-electron chi connectivity index (χ3n) is 3.87. The first-order valence-corrected chi connectivity index (χ1v) is 7.87. The summed E-state index contributed by atoms with van der Waals surface area (Å²) in [6, 6.07) is 13.5. The summed E-state index contributed by atoms with van der Waals surface area (Å²) in [5.74, 6) is -0.0361. The number of nitrogens with two attached hydrogens (primary N) is 1. The second-order valence-electron chi connectivity index (χ2n) is 5.39. The fourth-order valence-corrected chi connectivity index (χ4v) is 3.25. The van der Waals surface area contributed by atoms with Gasteiger partial charge in [0.15, 0.2) is 0 Å². The van der Waals surface area contributed by atoms with Gasteiger partial charge < -0.3 is 11.1 Å². The van der Waals surface area contributed by atoms with Gasteiger partial charge in [-0.2, -0.15) is 0 Å². The molecule has 2 aromatic rings. The lowest BCUT2D eigenvalue weighted by molar-refractivity contribution is 0.0932. The highest BCUT2D eigenvalue weighted by Crippen LogP contribution is 2.31. The number of carbonyl (C=O) groups is 1. The molecule has 3 rings (SSSR count). The van der Waals surface area contributed by atoms with E-state index >= 15 is 0 Å². The van der Waals surface area contributed by atoms with E-state index in [0.717, 1.165) is 29.4 Å². The Kier molecular flexibility index (Phi) is 3.97. The molecule has 0 fully saturated rings. The topological polar surface area (TPSA) is 55.1 Å². The van der Waals surface area contributed by atoms with Crippen LogP contribution in [0.5, 0.6) is 0 Å². The fraction of sp³-hybridized carbons (Fsp3) is 0.235. The van der Waals surface area contributed by atoms with Crippen molar-refractivity contribution in [2.45, 2.75) is 25.3 Å². The maximum absolute atomic E-state index is 12.4. The molecule has 1 unspecified atom stereocenters. The monoisotopic (exact) mass is 344 g/mol. The predicted octanol–water partition coefficient (Wildman–Crippen LogP) is 3.84. The first-order valence-electron chi connectivity index (χ1n) is 7.08. The number of halogens is 1. The molecule has 1 aliphatic rings. The van der Waals surface area contributed by atoms with E-state index in [1.165, 1.54) is 11.1 Å². The van der Waals surface area contributed by atoms with Gasteiger partial charge >= 0.3 is 0 Å². The molecule has 21 heavy (non-hydrogen) atoms. The van der Waals surface area contributed by atoms with Gasteiger partial charge in [-0.3, -0.25) is 4.79 Å². The molecule has 0 saturated carbocycles. The minimum Gasteiger partial charge on any atom is -0.399 e. The highest BCUT2D eigenvalue weighted by Gasteiger charge is 2.22. The van der Waals surface area contributed by atoms with E-state index < -0.39 is 0 Å². The number of aryl methyl sites for hydroxylation is 1. The number of carbonyl (C=O) groups excluding carboxylic acids is 1. The molecule has 4 heteroatoms. The summed E-state index contributed by atoms with van der Waals surface area (Å²) in [5.41, 5.74) is 9.75. The third kappa shape index (κ3) is 3.10. The average Bonchev–Trinajstić information content (AvgIpc) is 2.47. The minimum absolute atomic E-state index is 0.0361. The van der Waals surface area contributed by atoms with Gasteiger partial charge in [-0.25, -0.2) is 0 Å². The lowest BCUT2D eigenvalue weighted by Gasteiger charge is -2.26. The summed E-state index contributed by atoms with van der Waals surface area (Å²) >= 11 is 3.40. The van der Waals surface area contributed by atoms with Crippen LogP contribution >= 0.6 is 15.9 Å². The second-order valence-corrected chi connectivity index (χ2v) is 6.30. The number of anilines is 1. The Balaban J connectivity index is 1.82. The van der Waals surface area contributed by atoms with Crippen LogP contribution in [-0.2, 0) is 6.42 Å². The molecule has 108 valence electrons. The molecular weight excluding hydrogens is 328 g/mol.